The smallest absolute Gasteiger partial charge is 0.305 e. The molecule has 0 saturated heterocycles. The number of benzene rings is 2. The Balaban J connectivity index is 1.43. The van der Waals surface area contributed by atoms with Crippen molar-refractivity contribution in [3.8, 4) is 0 Å². The van der Waals surface area contributed by atoms with Gasteiger partial charge in [0.1, 0.15) is 6.17 Å². The Morgan fingerprint density at radius 2 is 2.08 bits per heavy atom. The maximum Gasteiger partial charge on any atom is 0.305 e. The molecule has 3 aromatic rings. The van der Waals surface area contributed by atoms with Gasteiger partial charge in [0.2, 0.25) is 5.91 Å². The fourth-order valence-electron chi connectivity index (χ4n) is 3.67. The Morgan fingerprint density at radius 3 is 2.81 bits per heavy atom. The minimum atomic E-state index is -1.10. The number of fused-ring (bicyclic) bond motifs is 1. The van der Waals surface area contributed by atoms with E-state index in [1.165, 1.54) is 0 Å². The van der Waals surface area contributed by atoms with Gasteiger partial charge in [0.15, 0.2) is 5.96 Å². The zero-order valence-corrected chi connectivity index (χ0v) is 19.6. The molecule has 2 atom stereocenters. The van der Waals surface area contributed by atoms with Gasteiger partial charge in [-0.25, -0.2) is 9.38 Å². The van der Waals surface area contributed by atoms with Gasteiger partial charge >= 0.3 is 5.97 Å². The first-order valence-corrected chi connectivity index (χ1v) is 11.4. The van der Waals surface area contributed by atoms with Crippen molar-refractivity contribution in [1.82, 2.24) is 26.1 Å². The molecule has 36 heavy (non-hydrogen) atoms. The largest absolute Gasteiger partial charge is 0.481 e. The molecule has 2 aromatic carbocycles. The van der Waals surface area contributed by atoms with Crippen molar-refractivity contribution in [3.05, 3.63) is 58.7 Å². The number of H-pyrrole nitrogens is 1. The van der Waals surface area contributed by atoms with Gasteiger partial charge in [-0.15, -0.1) is 0 Å². The van der Waals surface area contributed by atoms with Gasteiger partial charge in [-0.3, -0.25) is 19.5 Å². The lowest BCUT2D eigenvalue weighted by Gasteiger charge is -2.19. The number of carbonyl (C=O) groups excluding carboxylic acids is 2. The predicted molar refractivity (Wildman–Crippen MR) is 132 cm³/mol. The number of aromatic amines is 1. The van der Waals surface area contributed by atoms with Crippen molar-refractivity contribution in [3.63, 3.8) is 0 Å². The number of carbonyl (C=O) groups is 3. The molecule has 0 radical (unpaired) electrons. The summed E-state index contributed by atoms with van der Waals surface area (Å²) in [6.07, 6.45) is 0.154. The lowest BCUT2D eigenvalue weighted by atomic mass is 10.0. The quantitative estimate of drug-likeness (QED) is 0.267. The van der Waals surface area contributed by atoms with Crippen molar-refractivity contribution < 1.29 is 23.9 Å². The van der Waals surface area contributed by atoms with Crippen LogP contribution >= 0.6 is 11.6 Å². The number of aliphatic imine (C=N–C) groups is 1. The molecule has 1 unspecified atom stereocenters. The Morgan fingerprint density at radius 1 is 1.25 bits per heavy atom. The normalized spacial score (nSPS) is 15.9. The van der Waals surface area contributed by atoms with E-state index < -0.39 is 30.0 Å². The van der Waals surface area contributed by atoms with E-state index >= 15 is 0 Å². The Bertz CT molecular complexity index is 1330. The van der Waals surface area contributed by atoms with Crippen LogP contribution in [0.2, 0.25) is 5.02 Å². The minimum absolute atomic E-state index is 0.0250. The van der Waals surface area contributed by atoms with E-state index in [-0.39, 0.29) is 31.6 Å². The second kappa shape index (κ2) is 11.0. The van der Waals surface area contributed by atoms with Crippen LogP contribution in [0.25, 0.3) is 10.9 Å². The summed E-state index contributed by atoms with van der Waals surface area (Å²) < 4.78 is 13.3. The summed E-state index contributed by atoms with van der Waals surface area (Å²) in [6, 6.07) is 8.84. The van der Waals surface area contributed by atoms with E-state index in [9.17, 15) is 23.9 Å². The van der Waals surface area contributed by atoms with Gasteiger partial charge < -0.3 is 26.4 Å². The molecule has 0 spiro atoms. The zero-order valence-electron chi connectivity index (χ0n) is 18.8. The van der Waals surface area contributed by atoms with Crippen LogP contribution in [0.15, 0.2) is 47.6 Å². The fourth-order valence-corrected chi connectivity index (χ4v) is 3.87. The number of alkyl halides is 1. The van der Waals surface area contributed by atoms with Crippen molar-refractivity contribution in [2.75, 3.05) is 25.0 Å². The van der Waals surface area contributed by atoms with Crippen LogP contribution in [0.5, 0.6) is 0 Å². The van der Waals surface area contributed by atoms with Crippen LogP contribution in [0.4, 0.5) is 10.1 Å². The summed E-state index contributed by atoms with van der Waals surface area (Å²) in [5.41, 5.74) is 1.85. The second-order valence-electron chi connectivity index (χ2n) is 8.10. The summed E-state index contributed by atoms with van der Waals surface area (Å²) in [5.74, 6) is -1.84. The molecule has 11 nitrogen and oxygen atoms in total. The molecule has 2 heterocycles. The van der Waals surface area contributed by atoms with Crippen molar-refractivity contribution in [1.29, 1.82) is 0 Å². The maximum atomic E-state index is 13.3. The maximum absolute atomic E-state index is 13.3. The summed E-state index contributed by atoms with van der Waals surface area (Å²) in [5, 5.41) is 28.1. The predicted octanol–water partition coefficient (Wildman–Crippen LogP) is 1.99. The third-order valence-electron chi connectivity index (χ3n) is 5.39. The number of hydrogen-bond donors (Lipinski definition) is 6. The summed E-state index contributed by atoms with van der Waals surface area (Å²) in [7, 11) is 0. The highest BCUT2D eigenvalue weighted by Gasteiger charge is 2.20. The van der Waals surface area contributed by atoms with Crippen molar-refractivity contribution in [2.45, 2.75) is 18.6 Å². The van der Waals surface area contributed by atoms with Crippen molar-refractivity contribution >= 4 is 51.9 Å². The summed E-state index contributed by atoms with van der Waals surface area (Å²) in [6.45, 7) is -0.240. The topological polar surface area (TPSA) is 161 Å². The number of amides is 2. The van der Waals surface area contributed by atoms with Crippen LogP contribution in [-0.2, 0) is 9.59 Å². The lowest BCUT2D eigenvalue weighted by Crippen LogP contribution is -2.41. The highest BCUT2D eigenvalue weighted by Crippen LogP contribution is 2.24. The van der Waals surface area contributed by atoms with E-state index in [0.717, 1.165) is 0 Å². The third-order valence-corrected chi connectivity index (χ3v) is 5.62. The van der Waals surface area contributed by atoms with Gasteiger partial charge in [-0.05, 0) is 29.8 Å². The molecule has 13 heteroatoms. The molecule has 1 aliphatic rings. The van der Waals surface area contributed by atoms with E-state index in [1.807, 2.05) is 0 Å². The lowest BCUT2D eigenvalue weighted by molar-refractivity contribution is -0.137. The number of carboxylic acids is 1. The van der Waals surface area contributed by atoms with Crippen LogP contribution in [-0.4, -0.2) is 64.9 Å². The Hall–Kier alpha value is -4.19. The summed E-state index contributed by atoms with van der Waals surface area (Å²) >= 11 is 5.99. The number of halogens is 2. The molecule has 188 valence electrons. The number of nitrogens with one attached hydrogen (secondary N) is 5. The SMILES string of the molecule is O=C(O)C[C@H](NC(=O)CNC(=O)c1cc(NC2=NCC(F)CN2)c2cn[nH]c2c1)c1cccc(Cl)c1. The molecule has 6 N–H and O–H groups in total. The van der Waals surface area contributed by atoms with Gasteiger partial charge in [0.25, 0.3) is 5.91 Å². The van der Waals surface area contributed by atoms with Crippen LogP contribution in [0.3, 0.4) is 0 Å². The van der Waals surface area contributed by atoms with E-state index in [1.54, 1.807) is 42.6 Å². The zero-order chi connectivity index (χ0) is 25.7. The van der Waals surface area contributed by atoms with E-state index in [4.69, 9.17) is 11.6 Å². The molecule has 0 saturated carbocycles. The number of carboxylic acid groups (broad SMARTS) is 1. The second-order valence-corrected chi connectivity index (χ2v) is 8.54. The molecular weight excluding hydrogens is 493 g/mol. The Kier molecular flexibility index (Phi) is 7.64. The van der Waals surface area contributed by atoms with E-state index in [2.05, 4.69) is 36.5 Å². The van der Waals surface area contributed by atoms with Crippen LogP contribution < -0.4 is 21.3 Å². The van der Waals surface area contributed by atoms with Gasteiger partial charge in [0, 0.05) is 16.0 Å². The number of guanidine groups is 1. The highest BCUT2D eigenvalue weighted by molar-refractivity contribution is 6.30. The summed E-state index contributed by atoms with van der Waals surface area (Å²) in [4.78, 5) is 40.7. The first-order chi connectivity index (χ1) is 17.3. The van der Waals surface area contributed by atoms with Gasteiger partial charge in [-0.1, -0.05) is 23.7 Å². The number of anilines is 1. The molecular formula is C23H23ClFN7O4. The number of rotatable bonds is 8. The average molecular weight is 516 g/mol. The first kappa shape index (κ1) is 24.9. The van der Waals surface area contributed by atoms with Gasteiger partial charge in [0.05, 0.1) is 49.5 Å². The highest BCUT2D eigenvalue weighted by atomic mass is 35.5. The number of aromatic nitrogens is 2. The number of aliphatic carboxylic acids is 1. The molecule has 4 rings (SSSR count). The monoisotopic (exact) mass is 515 g/mol. The molecule has 1 aliphatic heterocycles. The Labute approximate surface area is 209 Å². The average Bonchev–Trinajstić information content (AvgIpc) is 3.32. The van der Waals surface area contributed by atoms with Gasteiger partial charge in [-0.2, -0.15) is 5.10 Å². The van der Waals surface area contributed by atoms with Crippen molar-refractivity contribution in [2.24, 2.45) is 4.99 Å². The number of hydrogen-bond acceptors (Lipinski definition) is 7. The van der Waals surface area contributed by atoms with Crippen LogP contribution in [0, 0.1) is 0 Å². The molecule has 1 aromatic heterocycles. The minimum Gasteiger partial charge on any atom is -0.481 e. The molecule has 2 amide bonds. The first-order valence-electron chi connectivity index (χ1n) is 11.0. The standard InChI is InChI=1S/C23H23ClFN7O4/c24-14-3-1-2-12(4-14)17(7-21(34)35)30-20(33)11-26-22(36)13-5-18(16-10-29-32-19(16)6-13)31-23-27-8-15(25)9-28-23/h1-6,10,15,17H,7-9,11H2,(H,26,36)(H,29,32)(H,30,33)(H,34,35)(H2,27,28,31)/t17-/m0/s1. The van der Waals surface area contributed by atoms with E-state index in [0.29, 0.717) is 33.1 Å². The molecule has 0 fully saturated rings. The third kappa shape index (κ3) is 6.27. The fraction of sp³-hybridized carbons (Fsp3) is 0.261. The van der Waals surface area contributed by atoms with Crippen LogP contribution in [0.1, 0.15) is 28.4 Å². The molecule has 0 bridgehead atoms. The molecule has 0 aliphatic carbocycles. The number of nitrogens with zero attached hydrogens (tertiary/aromatic N) is 2.